The number of rotatable bonds is 3. The summed E-state index contributed by atoms with van der Waals surface area (Å²) in [5.41, 5.74) is 7.69. The summed E-state index contributed by atoms with van der Waals surface area (Å²) in [7, 11) is 0. The molecule has 4 rings (SSSR count). The molecule has 0 amide bonds. The molecule has 4 aromatic rings. The number of fused-ring (bicyclic) bond motifs is 1. The van der Waals surface area contributed by atoms with Gasteiger partial charge in [0.05, 0.1) is 5.69 Å². The number of H-pyrrole nitrogens is 1. The molecule has 0 saturated heterocycles. The third kappa shape index (κ3) is 2.66. The molecule has 0 aliphatic heterocycles. The zero-order chi connectivity index (χ0) is 15.6. The van der Waals surface area contributed by atoms with Crippen LogP contribution in [0.3, 0.4) is 0 Å². The molecule has 0 fully saturated rings. The Morgan fingerprint density at radius 1 is 0.739 bits per heavy atom. The van der Waals surface area contributed by atoms with Crippen molar-refractivity contribution in [1.29, 1.82) is 0 Å². The van der Waals surface area contributed by atoms with Gasteiger partial charge in [-0.1, -0.05) is 78.4 Å². The maximum atomic E-state index is 3.61. The summed E-state index contributed by atoms with van der Waals surface area (Å²) in [6.45, 7) is 2.13. The molecule has 1 aromatic heterocycles. The summed E-state index contributed by atoms with van der Waals surface area (Å²) >= 11 is 0. The fraction of sp³-hybridized carbons (Fsp3) is 0.0909. The molecule has 1 N–H and O–H groups in total. The zero-order valence-electron chi connectivity index (χ0n) is 13.2. The highest BCUT2D eigenvalue weighted by atomic mass is 14.7. The standard InChI is InChI=1S/C22H19N/c1-16-11-13-17(14-12-16)15-20-19-9-5-6-10-21(19)23-22(20)18-7-3-2-4-8-18/h2-14,23H,15H2,1H3. The molecular formula is C22H19N. The fourth-order valence-corrected chi connectivity index (χ4v) is 3.14. The van der Waals surface area contributed by atoms with Gasteiger partial charge in [-0.2, -0.15) is 0 Å². The summed E-state index contributed by atoms with van der Waals surface area (Å²) in [4.78, 5) is 3.61. The monoisotopic (exact) mass is 297 g/mol. The SMILES string of the molecule is Cc1ccc(Cc2c(-c3ccccc3)[nH]c3ccccc23)cc1. The smallest absolute Gasteiger partial charge is 0.0500 e. The molecule has 0 atom stereocenters. The van der Waals surface area contributed by atoms with Crippen LogP contribution in [-0.2, 0) is 6.42 Å². The van der Waals surface area contributed by atoms with Crippen molar-refractivity contribution in [1.82, 2.24) is 4.98 Å². The predicted octanol–water partition coefficient (Wildman–Crippen LogP) is 5.73. The minimum Gasteiger partial charge on any atom is -0.354 e. The second-order valence-corrected chi connectivity index (χ2v) is 6.05. The van der Waals surface area contributed by atoms with Gasteiger partial charge >= 0.3 is 0 Å². The van der Waals surface area contributed by atoms with Gasteiger partial charge in [0, 0.05) is 17.3 Å². The van der Waals surface area contributed by atoms with Crippen molar-refractivity contribution < 1.29 is 0 Å². The van der Waals surface area contributed by atoms with Crippen molar-refractivity contribution in [2.75, 3.05) is 0 Å². The van der Waals surface area contributed by atoms with Crippen LogP contribution in [-0.4, -0.2) is 4.98 Å². The Morgan fingerprint density at radius 3 is 2.22 bits per heavy atom. The van der Waals surface area contributed by atoms with E-state index < -0.39 is 0 Å². The van der Waals surface area contributed by atoms with Crippen LogP contribution in [0.4, 0.5) is 0 Å². The van der Waals surface area contributed by atoms with E-state index in [1.807, 2.05) is 0 Å². The first-order valence-electron chi connectivity index (χ1n) is 8.02. The number of nitrogens with one attached hydrogen (secondary N) is 1. The van der Waals surface area contributed by atoms with E-state index >= 15 is 0 Å². The number of benzene rings is 3. The van der Waals surface area contributed by atoms with Gasteiger partial charge in [-0.15, -0.1) is 0 Å². The van der Waals surface area contributed by atoms with Crippen molar-refractivity contribution in [2.45, 2.75) is 13.3 Å². The molecule has 0 aliphatic carbocycles. The largest absolute Gasteiger partial charge is 0.354 e. The Bertz CT molecular complexity index is 931. The molecule has 0 unspecified atom stereocenters. The second kappa shape index (κ2) is 5.77. The fourth-order valence-electron chi connectivity index (χ4n) is 3.14. The number of aromatic amines is 1. The molecule has 0 bridgehead atoms. The highest BCUT2D eigenvalue weighted by molar-refractivity contribution is 5.91. The lowest BCUT2D eigenvalue weighted by molar-refractivity contribution is 1.20. The van der Waals surface area contributed by atoms with Crippen LogP contribution >= 0.6 is 0 Å². The molecule has 3 aromatic carbocycles. The van der Waals surface area contributed by atoms with E-state index in [1.165, 1.54) is 38.9 Å². The van der Waals surface area contributed by atoms with Crippen LogP contribution in [0.1, 0.15) is 16.7 Å². The van der Waals surface area contributed by atoms with Crippen LogP contribution in [0, 0.1) is 6.92 Å². The zero-order valence-corrected chi connectivity index (χ0v) is 13.2. The topological polar surface area (TPSA) is 15.8 Å². The van der Waals surface area contributed by atoms with Gasteiger partial charge < -0.3 is 4.98 Å². The van der Waals surface area contributed by atoms with Crippen LogP contribution in [0.15, 0.2) is 78.9 Å². The lowest BCUT2D eigenvalue weighted by atomic mass is 9.98. The van der Waals surface area contributed by atoms with Crippen LogP contribution < -0.4 is 0 Å². The number of hydrogen-bond donors (Lipinski definition) is 1. The van der Waals surface area contributed by atoms with Crippen molar-refractivity contribution in [2.24, 2.45) is 0 Å². The average Bonchev–Trinajstić information content (AvgIpc) is 2.96. The normalized spacial score (nSPS) is 11.0. The number of aryl methyl sites for hydroxylation is 1. The van der Waals surface area contributed by atoms with Gasteiger partial charge in [-0.25, -0.2) is 0 Å². The Kier molecular flexibility index (Phi) is 3.47. The van der Waals surface area contributed by atoms with E-state index in [1.54, 1.807) is 0 Å². The summed E-state index contributed by atoms with van der Waals surface area (Å²) in [6.07, 6.45) is 0.939. The van der Waals surface area contributed by atoms with E-state index in [-0.39, 0.29) is 0 Å². The molecule has 0 spiro atoms. The third-order valence-electron chi connectivity index (χ3n) is 4.38. The molecule has 0 radical (unpaired) electrons. The van der Waals surface area contributed by atoms with Crippen LogP contribution in [0.25, 0.3) is 22.2 Å². The van der Waals surface area contributed by atoms with Gasteiger partial charge in [0.2, 0.25) is 0 Å². The number of hydrogen-bond acceptors (Lipinski definition) is 0. The minimum atomic E-state index is 0.939. The summed E-state index contributed by atoms with van der Waals surface area (Å²) in [5, 5.41) is 1.31. The first-order valence-corrected chi connectivity index (χ1v) is 8.02. The van der Waals surface area contributed by atoms with Crippen molar-refractivity contribution in [3.8, 4) is 11.3 Å². The lowest BCUT2D eigenvalue weighted by Gasteiger charge is -2.06. The Balaban J connectivity index is 1.87. The van der Waals surface area contributed by atoms with Crippen molar-refractivity contribution >= 4 is 10.9 Å². The lowest BCUT2D eigenvalue weighted by Crippen LogP contribution is -1.90. The van der Waals surface area contributed by atoms with E-state index in [9.17, 15) is 0 Å². The van der Waals surface area contributed by atoms with E-state index in [2.05, 4.69) is 90.8 Å². The summed E-state index contributed by atoms with van der Waals surface area (Å²) in [5.74, 6) is 0. The number of aromatic nitrogens is 1. The van der Waals surface area contributed by atoms with Crippen molar-refractivity contribution in [3.05, 3.63) is 95.6 Å². The highest BCUT2D eigenvalue weighted by Crippen LogP contribution is 2.32. The Labute approximate surface area is 136 Å². The first-order chi connectivity index (χ1) is 11.3. The van der Waals surface area contributed by atoms with Crippen molar-refractivity contribution in [3.63, 3.8) is 0 Å². The van der Waals surface area contributed by atoms with E-state index in [0.29, 0.717) is 0 Å². The molecular weight excluding hydrogens is 278 g/mol. The van der Waals surface area contributed by atoms with Gasteiger partial charge in [0.25, 0.3) is 0 Å². The molecule has 1 heterocycles. The maximum Gasteiger partial charge on any atom is 0.0500 e. The van der Waals surface area contributed by atoms with Gasteiger partial charge in [-0.3, -0.25) is 0 Å². The molecule has 0 aliphatic rings. The Hall–Kier alpha value is -2.80. The van der Waals surface area contributed by atoms with E-state index in [0.717, 1.165) is 6.42 Å². The molecule has 1 nitrogen and oxygen atoms in total. The Morgan fingerprint density at radius 2 is 1.43 bits per heavy atom. The molecule has 112 valence electrons. The molecule has 23 heavy (non-hydrogen) atoms. The van der Waals surface area contributed by atoms with Gasteiger partial charge in [0.15, 0.2) is 0 Å². The molecule has 1 heteroatoms. The maximum absolute atomic E-state index is 3.61. The van der Waals surface area contributed by atoms with Gasteiger partial charge in [0.1, 0.15) is 0 Å². The summed E-state index contributed by atoms with van der Waals surface area (Å²) in [6, 6.07) is 28.0. The van der Waals surface area contributed by atoms with Gasteiger partial charge in [-0.05, 0) is 29.7 Å². The predicted molar refractivity (Wildman–Crippen MR) is 97.7 cm³/mol. The molecule has 0 saturated carbocycles. The second-order valence-electron chi connectivity index (χ2n) is 6.05. The average molecular weight is 297 g/mol. The number of para-hydroxylation sites is 1. The quantitative estimate of drug-likeness (QED) is 0.496. The van der Waals surface area contributed by atoms with Crippen LogP contribution in [0.2, 0.25) is 0 Å². The third-order valence-corrected chi connectivity index (χ3v) is 4.38. The summed E-state index contributed by atoms with van der Waals surface area (Å²) < 4.78 is 0. The highest BCUT2D eigenvalue weighted by Gasteiger charge is 2.13. The minimum absolute atomic E-state index is 0.939. The van der Waals surface area contributed by atoms with Crippen LogP contribution in [0.5, 0.6) is 0 Å². The first kappa shape index (κ1) is 13.8. The van der Waals surface area contributed by atoms with E-state index in [4.69, 9.17) is 0 Å².